The van der Waals surface area contributed by atoms with Crippen molar-refractivity contribution < 1.29 is 32.4 Å². The van der Waals surface area contributed by atoms with Crippen molar-refractivity contribution in [3.8, 4) is 28.6 Å². The Labute approximate surface area is 339 Å². The molecule has 0 spiro atoms. The molecule has 59 heavy (non-hydrogen) atoms. The standard InChI is InChI=1S/C42H44FN8O7P/c1-42(2,3)58-59(54,55)57-23-50-20-29(26-14-27-38(52)30(19-49(6)39(27)46-17-26)41(53)56-22-24-10-8-7-9-11-24)37(51-13-12-25-18-48(5)21-33(25)51)35-34-28(16-44)31(43)15-32(45-4)36(34)47-40(35)50/h7-11,14-15,17,19-20,25,33,45H,12-13,18,21-23H2,1-6H3,(H,54,55)/t25-,33+/m0/s1. The third kappa shape index (κ3) is 7.45. The average molecular weight is 823 g/mol. The van der Waals surface area contributed by atoms with Gasteiger partial charge in [-0.05, 0) is 51.8 Å². The largest absolute Gasteiger partial charge is 0.474 e. The van der Waals surface area contributed by atoms with Crippen LogP contribution in [0.1, 0.15) is 48.7 Å². The van der Waals surface area contributed by atoms with Crippen LogP contribution < -0.4 is 15.6 Å². The van der Waals surface area contributed by atoms with Gasteiger partial charge in [-0.2, -0.15) is 5.26 Å². The normalized spacial score (nSPS) is 18.1. The van der Waals surface area contributed by atoms with E-state index in [2.05, 4.69) is 28.2 Å². The lowest BCUT2D eigenvalue weighted by Crippen LogP contribution is -2.35. The van der Waals surface area contributed by atoms with Crippen molar-refractivity contribution in [3.05, 3.63) is 93.8 Å². The van der Waals surface area contributed by atoms with Gasteiger partial charge in [-0.15, -0.1) is 0 Å². The summed E-state index contributed by atoms with van der Waals surface area (Å²) in [6.07, 6.45) is 5.56. The van der Waals surface area contributed by atoms with Gasteiger partial charge in [-0.1, -0.05) is 30.3 Å². The first-order valence-electron chi connectivity index (χ1n) is 19.2. The maximum absolute atomic E-state index is 15.9. The monoisotopic (exact) mass is 822 g/mol. The van der Waals surface area contributed by atoms with Gasteiger partial charge in [0.2, 0.25) is 5.43 Å². The number of hydrogen-bond acceptors (Lipinski definition) is 12. The molecule has 0 radical (unpaired) electrons. The summed E-state index contributed by atoms with van der Waals surface area (Å²) in [6, 6.07) is 14.1. The average Bonchev–Trinajstić information content (AvgIpc) is 3.89. The second-order valence-corrected chi connectivity index (χ2v) is 17.5. The fourth-order valence-electron chi connectivity index (χ4n) is 8.44. The van der Waals surface area contributed by atoms with Gasteiger partial charge in [-0.25, -0.2) is 23.7 Å². The number of phosphoric acid groups is 1. The van der Waals surface area contributed by atoms with Gasteiger partial charge in [0.05, 0.1) is 39.0 Å². The molecule has 2 aromatic heterocycles. The third-order valence-electron chi connectivity index (χ3n) is 10.9. The van der Waals surface area contributed by atoms with E-state index < -0.39 is 37.4 Å². The van der Waals surface area contributed by atoms with Crippen molar-refractivity contribution in [3.63, 3.8) is 0 Å². The lowest BCUT2D eigenvalue weighted by atomic mass is 9.95. The zero-order chi connectivity index (χ0) is 42.0. The number of ether oxygens (including phenoxy) is 1. The van der Waals surface area contributed by atoms with Crippen molar-refractivity contribution in [2.75, 3.05) is 43.9 Å². The Morgan fingerprint density at radius 3 is 2.63 bits per heavy atom. The second-order valence-electron chi connectivity index (χ2n) is 16.1. The lowest BCUT2D eigenvalue weighted by Gasteiger charge is -2.32. The van der Waals surface area contributed by atoms with Crippen LogP contribution in [0.15, 0.2) is 65.8 Å². The number of aryl methyl sites for hydroxylation is 1. The van der Waals surface area contributed by atoms with Crippen molar-refractivity contribution in [2.45, 2.75) is 52.2 Å². The number of phosphoric ester groups is 1. The Balaban J connectivity index is 1.38. The Bertz CT molecular complexity index is 2760. The van der Waals surface area contributed by atoms with Gasteiger partial charge < -0.3 is 33.9 Å². The highest BCUT2D eigenvalue weighted by atomic mass is 31.2. The molecule has 0 amide bonds. The molecule has 0 aliphatic carbocycles. The third-order valence-corrected chi connectivity index (χ3v) is 12.1. The highest BCUT2D eigenvalue weighted by Crippen LogP contribution is 2.52. The summed E-state index contributed by atoms with van der Waals surface area (Å²) in [7, 11) is 0.718. The van der Waals surface area contributed by atoms with Crippen LogP contribution in [0.25, 0.3) is 44.5 Å². The summed E-state index contributed by atoms with van der Waals surface area (Å²) in [4.78, 5) is 52.6. The van der Waals surface area contributed by atoms with E-state index in [4.69, 9.17) is 23.8 Å². The van der Waals surface area contributed by atoms with Crippen LogP contribution in [-0.4, -0.2) is 80.2 Å². The Morgan fingerprint density at radius 2 is 1.92 bits per heavy atom. The highest BCUT2D eigenvalue weighted by molar-refractivity contribution is 7.47. The molecule has 1 unspecified atom stereocenters. The number of rotatable bonds is 10. The number of anilines is 2. The minimum absolute atomic E-state index is 0.0263. The molecular formula is C42H44FN8O7P. The summed E-state index contributed by atoms with van der Waals surface area (Å²) >= 11 is 0. The summed E-state index contributed by atoms with van der Waals surface area (Å²) in [5.74, 6) is -0.970. The van der Waals surface area contributed by atoms with Gasteiger partial charge in [-0.3, -0.25) is 13.8 Å². The maximum Gasteiger partial charge on any atom is 0.474 e. The van der Waals surface area contributed by atoms with Crippen LogP contribution in [-0.2, 0) is 38.7 Å². The first-order valence-corrected chi connectivity index (χ1v) is 20.7. The fourth-order valence-corrected chi connectivity index (χ4v) is 9.46. The van der Waals surface area contributed by atoms with E-state index in [1.165, 1.54) is 16.8 Å². The topological polar surface area (TPSA) is 177 Å². The number of nitrogens with zero attached hydrogens (tertiary/aromatic N) is 7. The van der Waals surface area contributed by atoms with Gasteiger partial charge in [0.25, 0.3) is 0 Å². The number of fused-ring (bicyclic) bond motifs is 5. The fraction of sp³-hybridized carbons (Fsp3) is 0.357. The minimum atomic E-state index is -4.65. The number of likely N-dealkylation sites (tertiary alicyclic amines) is 1. The van der Waals surface area contributed by atoms with Crippen LogP contribution in [0.3, 0.4) is 0 Å². The van der Waals surface area contributed by atoms with E-state index in [1.54, 1.807) is 57.9 Å². The van der Waals surface area contributed by atoms with E-state index in [0.717, 1.165) is 25.1 Å². The summed E-state index contributed by atoms with van der Waals surface area (Å²) in [6.45, 7) is 6.53. The summed E-state index contributed by atoms with van der Waals surface area (Å²) in [5.41, 5.74) is 1.70. The minimum Gasteiger partial charge on any atom is -0.457 e. The van der Waals surface area contributed by atoms with Crippen LogP contribution >= 0.6 is 7.82 Å². The smallest absolute Gasteiger partial charge is 0.457 e. The molecule has 3 atom stereocenters. The number of carbonyl (C=O) groups is 1. The van der Waals surface area contributed by atoms with Gasteiger partial charge >= 0.3 is 13.8 Å². The molecular weight excluding hydrogens is 778 g/mol. The van der Waals surface area contributed by atoms with E-state index in [9.17, 15) is 24.3 Å². The van der Waals surface area contributed by atoms with Crippen LogP contribution in [0.4, 0.5) is 15.8 Å². The number of nitrogens with one attached hydrogen (secondary N) is 1. The zero-order valence-electron chi connectivity index (χ0n) is 33.5. The molecule has 2 aromatic carbocycles. The van der Waals surface area contributed by atoms with Crippen molar-refractivity contribution in [1.29, 1.82) is 5.26 Å². The Hall–Kier alpha value is -5.69. The number of pyridine rings is 3. The predicted octanol–water partition coefficient (Wildman–Crippen LogP) is 6.49. The highest BCUT2D eigenvalue weighted by Gasteiger charge is 2.43. The molecule has 2 saturated heterocycles. The SMILES string of the molecule is CNc1cc(F)c(C#N)c2c3c(N4CC[C@H]5CN(C)C[C@H]54)c(-c4cnc5c(c4)c(=O)c(C(=O)OCc4ccccc4)cn5C)cn(COP(=O)(O)OC(C)(C)C)c-3nc12. The van der Waals surface area contributed by atoms with E-state index in [-0.39, 0.29) is 40.4 Å². The van der Waals surface area contributed by atoms with Gasteiger partial charge in [0.1, 0.15) is 42.3 Å². The number of halogens is 1. The lowest BCUT2D eigenvalue weighted by molar-refractivity contribution is 0.0464. The first kappa shape index (κ1) is 40.1. The molecule has 0 bridgehead atoms. The molecule has 15 nitrogen and oxygen atoms in total. The Kier molecular flexibility index (Phi) is 10.3. The van der Waals surface area contributed by atoms with Gasteiger partial charge in [0, 0.05) is 80.9 Å². The van der Waals surface area contributed by atoms with Crippen molar-refractivity contribution in [2.24, 2.45) is 13.0 Å². The van der Waals surface area contributed by atoms with Crippen LogP contribution in [0.5, 0.6) is 0 Å². The summed E-state index contributed by atoms with van der Waals surface area (Å²) < 4.78 is 48.8. The number of likely N-dealkylation sites (N-methyl/N-ethyl adjacent to an activating group) is 1. The first-order chi connectivity index (χ1) is 28.1. The van der Waals surface area contributed by atoms with Crippen molar-refractivity contribution >= 4 is 47.1 Å². The van der Waals surface area contributed by atoms with Crippen LogP contribution in [0.2, 0.25) is 0 Å². The number of nitriles is 1. The van der Waals surface area contributed by atoms with Crippen LogP contribution in [0, 0.1) is 23.1 Å². The quantitative estimate of drug-likeness (QED) is 0.113. The zero-order valence-corrected chi connectivity index (χ0v) is 34.4. The van der Waals surface area contributed by atoms with Gasteiger partial charge in [0.15, 0.2) is 0 Å². The Morgan fingerprint density at radius 1 is 1.15 bits per heavy atom. The molecule has 17 heteroatoms. The number of hydrogen-bond donors (Lipinski definition) is 2. The molecule has 0 saturated carbocycles. The second kappa shape index (κ2) is 15.2. The molecule has 4 aromatic rings. The van der Waals surface area contributed by atoms with E-state index >= 15 is 4.39 Å². The molecule has 2 N–H and O–H groups in total. The predicted molar refractivity (Wildman–Crippen MR) is 221 cm³/mol. The molecule has 306 valence electrons. The number of benzene rings is 2. The number of carbonyl (C=O) groups excluding carboxylic acids is 1. The van der Waals surface area contributed by atoms with E-state index in [1.807, 2.05) is 30.3 Å². The number of esters is 1. The summed E-state index contributed by atoms with van der Waals surface area (Å²) in [5, 5.41) is 13.9. The molecule has 6 heterocycles. The molecule has 8 rings (SSSR count). The number of aromatic nitrogens is 4. The molecule has 4 aliphatic heterocycles. The molecule has 2 fully saturated rings. The van der Waals surface area contributed by atoms with E-state index in [0.29, 0.717) is 51.7 Å². The maximum atomic E-state index is 15.9. The molecule has 4 aliphatic rings. The van der Waals surface area contributed by atoms with Crippen molar-refractivity contribution in [1.82, 2.24) is 24.0 Å².